The van der Waals surface area contributed by atoms with E-state index < -0.39 is 5.54 Å². The second-order valence-corrected chi connectivity index (χ2v) is 6.13. The summed E-state index contributed by atoms with van der Waals surface area (Å²) in [5.74, 6) is -0.177. The number of nitrogens with zero attached hydrogens (tertiary/aromatic N) is 1. The maximum Gasteiger partial charge on any atom is 0.237 e. The van der Waals surface area contributed by atoms with Crippen LogP contribution in [-0.2, 0) is 11.3 Å². The van der Waals surface area contributed by atoms with Gasteiger partial charge in [0.25, 0.3) is 0 Å². The third-order valence-corrected chi connectivity index (χ3v) is 4.49. The lowest BCUT2D eigenvalue weighted by Crippen LogP contribution is -2.61. The Hall–Kier alpha value is -1.39. The molecule has 0 aromatic heterocycles. The molecule has 2 aliphatic rings. The molecule has 3 rings (SSSR count). The van der Waals surface area contributed by atoms with Crippen molar-refractivity contribution in [3.05, 3.63) is 35.9 Å². The van der Waals surface area contributed by atoms with Crippen molar-refractivity contribution in [2.24, 2.45) is 5.73 Å². The van der Waals surface area contributed by atoms with Crippen LogP contribution in [0.4, 0.5) is 0 Å². The average molecular weight is 273 g/mol. The molecule has 0 spiro atoms. The maximum absolute atomic E-state index is 11.8. The molecule has 1 saturated carbocycles. The quantitative estimate of drug-likeness (QED) is 0.849. The lowest BCUT2D eigenvalue weighted by atomic mass is 9.86. The van der Waals surface area contributed by atoms with Crippen molar-refractivity contribution in [3.8, 4) is 0 Å². The van der Waals surface area contributed by atoms with Gasteiger partial charge in [0, 0.05) is 25.7 Å². The summed E-state index contributed by atoms with van der Waals surface area (Å²) in [6, 6.07) is 11.0. The highest BCUT2D eigenvalue weighted by Crippen LogP contribution is 2.29. The van der Waals surface area contributed by atoms with Gasteiger partial charge < -0.3 is 11.1 Å². The van der Waals surface area contributed by atoms with Crippen LogP contribution in [0.5, 0.6) is 0 Å². The summed E-state index contributed by atoms with van der Waals surface area (Å²) in [5.41, 5.74) is 6.52. The number of benzene rings is 1. The number of hydrogen-bond donors (Lipinski definition) is 2. The predicted octanol–water partition coefficient (Wildman–Crippen LogP) is 1.26. The predicted molar refractivity (Wildman–Crippen MR) is 79.0 cm³/mol. The summed E-state index contributed by atoms with van der Waals surface area (Å²) in [6.07, 6.45) is 4.02. The van der Waals surface area contributed by atoms with Gasteiger partial charge in [-0.15, -0.1) is 0 Å². The molecule has 108 valence electrons. The molecule has 20 heavy (non-hydrogen) atoms. The van der Waals surface area contributed by atoms with E-state index in [1.54, 1.807) is 0 Å². The Morgan fingerprint density at radius 1 is 1.25 bits per heavy atom. The standard InChI is InChI=1S/C16H23N3O/c17-15(20)16(18-14-6-7-14)8-10-19(11-9-16)12-13-4-2-1-3-5-13/h1-5,14,18H,6-12H2,(H2,17,20). The smallest absolute Gasteiger partial charge is 0.237 e. The van der Waals surface area contributed by atoms with Gasteiger partial charge in [-0.1, -0.05) is 30.3 Å². The Morgan fingerprint density at radius 3 is 2.45 bits per heavy atom. The van der Waals surface area contributed by atoms with Crippen molar-refractivity contribution in [2.45, 2.75) is 43.8 Å². The van der Waals surface area contributed by atoms with Gasteiger partial charge in [0.2, 0.25) is 5.91 Å². The second kappa shape index (κ2) is 5.54. The lowest BCUT2D eigenvalue weighted by Gasteiger charge is -2.40. The number of carbonyl (C=O) groups is 1. The van der Waals surface area contributed by atoms with Crippen LogP contribution >= 0.6 is 0 Å². The van der Waals surface area contributed by atoms with Crippen LogP contribution in [0, 0.1) is 0 Å². The first-order valence-corrected chi connectivity index (χ1v) is 7.52. The number of nitrogens with two attached hydrogens (primary N) is 1. The summed E-state index contributed by atoms with van der Waals surface area (Å²) in [6.45, 7) is 2.81. The summed E-state index contributed by atoms with van der Waals surface area (Å²) in [4.78, 5) is 14.3. The minimum atomic E-state index is -0.464. The van der Waals surface area contributed by atoms with E-state index >= 15 is 0 Å². The number of likely N-dealkylation sites (tertiary alicyclic amines) is 1. The van der Waals surface area contributed by atoms with Crippen molar-refractivity contribution in [3.63, 3.8) is 0 Å². The molecule has 0 unspecified atom stereocenters. The van der Waals surface area contributed by atoms with E-state index in [-0.39, 0.29) is 5.91 Å². The van der Waals surface area contributed by atoms with E-state index in [9.17, 15) is 4.79 Å². The van der Waals surface area contributed by atoms with Crippen LogP contribution in [-0.4, -0.2) is 35.5 Å². The van der Waals surface area contributed by atoms with Crippen LogP contribution < -0.4 is 11.1 Å². The molecule has 1 aliphatic carbocycles. The topological polar surface area (TPSA) is 58.4 Å². The zero-order chi connectivity index (χ0) is 14.0. The number of rotatable bonds is 5. The van der Waals surface area contributed by atoms with Gasteiger partial charge in [-0.2, -0.15) is 0 Å². The zero-order valence-electron chi connectivity index (χ0n) is 11.8. The van der Waals surface area contributed by atoms with E-state index in [0.717, 1.165) is 32.5 Å². The molecule has 3 N–H and O–H groups in total. The largest absolute Gasteiger partial charge is 0.368 e. The van der Waals surface area contributed by atoms with Gasteiger partial charge in [0.1, 0.15) is 5.54 Å². The van der Waals surface area contributed by atoms with Crippen LogP contribution in [0.1, 0.15) is 31.2 Å². The Morgan fingerprint density at radius 2 is 1.90 bits per heavy atom. The summed E-state index contributed by atoms with van der Waals surface area (Å²) >= 11 is 0. The van der Waals surface area contributed by atoms with Gasteiger partial charge in [-0.25, -0.2) is 0 Å². The SMILES string of the molecule is NC(=O)C1(NC2CC2)CCN(Cc2ccccc2)CC1. The van der Waals surface area contributed by atoms with E-state index in [2.05, 4.69) is 34.5 Å². The minimum Gasteiger partial charge on any atom is -0.368 e. The van der Waals surface area contributed by atoms with Crippen LogP contribution in [0.25, 0.3) is 0 Å². The van der Waals surface area contributed by atoms with Gasteiger partial charge in [-0.05, 0) is 31.2 Å². The van der Waals surface area contributed by atoms with Gasteiger partial charge >= 0.3 is 0 Å². The van der Waals surface area contributed by atoms with E-state index in [1.165, 1.54) is 18.4 Å². The Balaban J connectivity index is 1.58. The summed E-state index contributed by atoms with van der Waals surface area (Å²) in [5, 5.41) is 3.49. The Bertz CT molecular complexity index is 462. The molecule has 4 heteroatoms. The third kappa shape index (κ3) is 3.02. The van der Waals surface area contributed by atoms with E-state index in [4.69, 9.17) is 5.73 Å². The van der Waals surface area contributed by atoms with Crippen molar-refractivity contribution >= 4 is 5.91 Å². The monoisotopic (exact) mass is 273 g/mol. The van der Waals surface area contributed by atoms with Crippen molar-refractivity contribution < 1.29 is 4.79 Å². The maximum atomic E-state index is 11.8. The number of hydrogen-bond acceptors (Lipinski definition) is 3. The van der Waals surface area contributed by atoms with E-state index in [1.807, 2.05) is 6.07 Å². The molecule has 2 fully saturated rings. The molecule has 0 atom stereocenters. The van der Waals surface area contributed by atoms with Crippen molar-refractivity contribution in [1.82, 2.24) is 10.2 Å². The lowest BCUT2D eigenvalue weighted by molar-refractivity contribution is -0.126. The number of piperidine rings is 1. The molecule has 1 aromatic rings. The van der Waals surface area contributed by atoms with E-state index in [0.29, 0.717) is 6.04 Å². The molecule has 1 heterocycles. The fraction of sp³-hybridized carbons (Fsp3) is 0.562. The van der Waals surface area contributed by atoms with Crippen LogP contribution in [0.15, 0.2) is 30.3 Å². The first kappa shape index (κ1) is 13.6. The summed E-state index contributed by atoms with van der Waals surface area (Å²) in [7, 11) is 0. The highest BCUT2D eigenvalue weighted by molar-refractivity contribution is 5.85. The van der Waals surface area contributed by atoms with Crippen molar-refractivity contribution in [1.29, 1.82) is 0 Å². The molecule has 0 bridgehead atoms. The first-order chi connectivity index (χ1) is 9.68. The molecule has 4 nitrogen and oxygen atoms in total. The van der Waals surface area contributed by atoms with Crippen LogP contribution in [0.2, 0.25) is 0 Å². The normalized spacial score (nSPS) is 22.6. The van der Waals surface area contributed by atoms with Gasteiger partial charge in [0.05, 0.1) is 0 Å². The fourth-order valence-corrected chi connectivity index (χ4v) is 3.01. The fourth-order valence-electron chi connectivity index (χ4n) is 3.01. The highest BCUT2D eigenvalue weighted by Gasteiger charge is 2.43. The summed E-state index contributed by atoms with van der Waals surface area (Å²) < 4.78 is 0. The highest BCUT2D eigenvalue weighted by atomic mass is 16.1. The molecular formula is C16H23N3O. The Kier molecular flexibility index (Phi) is 3.76. The third-order valence-electron chi connectivity index (χ3n) is 4.49. The number of amides is 1. The van der Waals surface area contributed by atoms with Gasteiger partial charge in [0.15, 0.2) is 0 Å². The number of nitrogens with one attached hydrogen (secondary N) is 1. The molecule has 1 amide bonds. The molecule has 1 saturated heterocycles. The molecule has 1 aromatic carbocycles. The zero-order valence-corrected chi connectivity index (χ0v) is 11.8. The Labute approximate surface area is 120 Å². The average Bonchev–Trinajstić information content (AvgIpc) is 3.26. The van der Waals surface area contributed by atoms with Crippen molar-refractivity contribution in [2.75, 3.05) is 13.1 Å². The first-order valence-electron chi connectivity index (χ1n) is 7.52. The van der Waals surface area contributed by atoms with Crippen LogP contribution in [0.3, 0.4) is 0 Å². The molecule has 0 radical (unpaired) electrons. The van der Waals surface area contributed by atoms with Gasteiger partial charge in [-0.3, -0.25) is 9.69 Å². The second-order valence-electron chi connectivity index (χ2n) is 6.13. The molecular weight excluding hydrogens is 250 g/mol. The number of primary amides is 1. The molecule has 1 aliphatic heterocycles. The number of carbonyl (C=O) groups excluding carboxylic acids is 1. The minimum absolute atomic E-state index is 0.177.